The van der Waals surface area contributed by atoms with Crippen molar-refractivity contribution in [3.8, 4) is 5.75 Å². The molecule has 0 aromatic heterocycles. The van der Waals surface area contributed by atoms with Gasteiger partial charge in [0.1, 0.15) is 24.4 Å². The molecule has 12 heteroatoms. The summed E-state index contributed by atoms with van der Waals surface area (Å²) in [6.45, 7) is 13.4. The van der Waals surface area contributed by atoms with Crippen molar-refractivity contribution in [1.82, 2.24) is 10.6 Å². The summed E-state index contributed by atoms with van der Waals surface area (Å²) in [6.07, 6.45) is 10.8. The van der Waals surface area contributed by atoms with E-state index in [1.165, 1.54) is 0 Å². The molecule has 1 aliphatic heterocycles. The van der Waals surface area contributed by atoms with Gasteiger partial charge in [-0.3, -0.25) is 24.0 Å². The molecule has 5 aliphatic rings. The van der Waals surface area contributed by atoms with E-state index in [9.17, 15) is 29.1 Å². The van der Waals surface area contributed by atoms with Crippen molar-refractivity contribution < 1.29 is 43.3 Å². The van der Waals surface area contributed by atoms with Crippen LogP contribution in [0, 0.1) is 34.5 Å². The maximum Gasteiger partial charge on any atom is 0.246 e. The van der Waals surface area contributed by atoms with Crippen LogP contribution in [0.5, 0.6) is 5.75 Å². The van der Waals surface area contributed by atoms with Crippen LogP contribution < -0.4 is 20.7 Å². The largest absolute Gasteiger partial charge is 0.486 e. The number of aliphatic hydroxyl groups excluding tert-OH is 1. The molecule has 6 rings (SSSR count). The first-order valence-corrected chi connectivity index (χ1v) is 21.2. The first-order valence-electron chi connectivity index (χ1n) is 21.2. The normalized spacial score (nSPS) is 33.6. The van der Waals surface area contributed by atoms with Crippen LogP contribution in [0.4, 0.5) is 5.69 Å². The number of Topliss-reactive ketones (excluding diaryl/α,β-unsaturated/α-hetero) is 1. The molecule has 1 saturated heterocycles. The van der Waals surface area contributed by atoms with Crippen molar-refractivity contribution >= 4 is 35.0 Å². The second kappa shape index (κ2) is 17.2. The highest BCUT2D eigenvalue weighted by atomic mass is 16.7. The third-order valence-electron chi connectivity index (χ3n) is 13.7. The number of unbranched alkanes of at least 4 members (excludes halogenated alkanes) is 2. The second-order valence-electron chi connectivity index (χ2n) is 17.8. The van der Waals surface area contributed by atoms with Crippen molar-refractivity contribution in [2.24, 2.45) is 34.5 Å². The lowest BCUT2D eigenvalue weighted by Gasteiger charge is -2.59. The number of fused-ring (bicyclic) bond motifs is 7. The molecule has 3 saturated carbocycles. The highest BCUT2D eigenvalue weighted by Gasteiger charge is 2.75. The first-order chi connectivity index (χ1) is 27.1. The number of amides is 3. The standard InChI is InChI=1S/C45H63N3O9/c1-8-10-11-13-37(52)48-40(26(3)4)42(54)46-27(5)41(53)47-29-15-17-31(18-16-29)55-25-35(51)45-36(56-38(57-45)12-9-2)23-33-32-19-14-28-22-30(49)20-21-43(28,6)39(32)34(50)24-44(33,45)7/h15-18,20-22,26-27,32-34,36,38-40,50H,8-14,19,23-25H2,1-7H3,(H,46,54)(H,47,53)(H,48,52)/t27-,32-,33-,34-,36+,38?,39+,40-,43-,44-,45+/m0/s1. The molecule has 4 aliphatic carbocycles. The van der Waals surface area contributed by atoms with Gasteiger partial charge in [-0.2, -0.15) is 0 Å². The number of aliphatic hydroxyl groups is 1. The van der Waals surface area contributed by atoms with Gasteiger partial charge in [-0.05, 0) is 99.6 Å². The Hall–Kier alpha value is -3.87. The van der Waals surface area contributed by atoms with Gasteiger partial charge in [-0.1, -0.05) is 72.5 Å². The smallest absolute Gasteiger partial charge is 0.246 e. The summed E-state index contributed by atoms with van der Waals surface area (Å²) < 4.78 is 19.4. The first kappa shape index (κ1) is 42.7. The van der Waals surface area contributed by atoms with Gasteiger partial charge in [-0.15, -0.1) is 0 Å². The lowest BCUT2D eigenvalue weighted by molar-refractivity contribution is -0.200. The van der Waals surface area contributed by atoms with Gasteiger partial charge >= 0.3 is 0 Å². The Balaban J connectivity index is 1.09. The van der Waals surface area contributed by atoms with Crippen molar-refractivity contribution in [3.63, 3.8) is 0 Å². The van der Waals surface area contributed by atoms with Crippen molar-refractivity contribution in [1.29, 1.82) is 0 Å². The lowest BCUT2D eigenvalue weighted by Crippen LogP contribution is -2.63. The lowest BCUT2D eigenvalue weighted by atomic mass is 9.46. The quantitative estimate of drug-likeness (QED) is 0.148. The van der Waals surface area contributed by atoms with E-state index >= 15 is 0 Å². The van der Waals surface area contributed by atoms with E-state index in [0.717, 1.165) is 44.1 Å². The molecule has 0 bridgehead atoms. The highest BCUT2D eigenvalue weighted by molar-refractivity contribution is 6.01. The average Bonchev–Trinajstić information content (AvgIpc) is 3.65. The zero-order chi connectivity index (χ0) is 41.3. The van der Waals surface area contributed by atoms with Crippen molar-refractivity contribution in [2.45, 2.75) is 149 Å². The minimum atomic E-state index is -1.29. The number of ether oxygens (including phenoxy) is 3. The van der Waals surface area contributed by atoms with Crippen LogP contribution in [-0.2, 0) is 33.4 Å². The molecule has 1 aromatic carbocycles. The van der Waals surface area contributed by atoms with Crippen LogP contribution in [0.15, 0.2) is 48.1 Å². The molecule has 12 nitrogen and oxygen atoms in total. The number of rotatable bonds is 16. The van der Waals surface area contributed by atoms with Crippen LogP contribution in [-0.4, -0.2) is 77.2 Å². The van der Waals surface area contributed by atoms with Crippen molar-refractivity contribution in [2.75, 3.05) is 11.9 Å². The van der Waals surface area contributed by atoms with E-state index in [2.05, 4.69) is 43.6 Å². The fraction of sp³-hybridized carbons (Fsp3) is 0.667. The summed E-state index contributed by atoms with van der Waals surface area (Å²) in [6, 6.07) is 5.03. The maximum atomic E-state index is 14.6. The summed E-state index contributed by atoms with van der Waals surface area (Å²) >= 11 is 0. The number of benzene rings is 1. The molecule has 11 atom stereocenters. The Labute approximate surface area is 337 Å². The summed E-state index contributed by atoms with van der Waals surface area (Å²) in [4.78, 5) is 65.5. The van der Waals surface area contributed by atoms with Crippen LogP contribution >= 0.6 is 0 Å². The number of hydrogen-bond donors (Lipinski definition) is 4. The van der Waals surface area contributed by atoms with E-state index < -0.39 is 58.8 Å². The fourth-order valence-corrected chi connectivity index (χ4v) is 10.8. The molecule has 0 radical (unpaired) electrons. The fourth-order valence-electron chi connectivity index (χ4n) is 10.8. The van der Waals surface area contributed by atoms with Crippen LogP contribution in [0.1, 0.15) is 113 Å². The molecule has 0 spiro atoms. The average molecular weight is 790 g/mol. The van der Waals surface area contributed by atoms with Gasteiger partial charge in [0, 0.05) is 28.9 Å². The highest BCUT2D eigenvalue weighted by Crippen LogP contribution is 2.69. The third-order valence-corrected chi connectivity index (χ3v) is 13.7. The zero-order valence-electron chi connectivity index (χ0n) is 34.7. The Morgan fingerprint density at radius 3 is 2.42 bits per heavy atom. The van der Waals surface area contributed by atoms with E-state index in [-0.39, 0.29) is 47.8 Å². The van der Waals surface area contributed by atoms with E-state index in [4.69, 9.17) is 14.2 Å². The molecule has 4 N–H and O–H groups in total. The number of nitrogens with one attached hydrogen (secondary N) is 3. The Morgan fingerprint density at radius 1 is 1.00 bits per heavy atom. The van der Waals surface area contributed by atoms with Gasteiger partial charge in [0.2, 0.25) is 23.5 Å². The molecular formula is C45H63N3O9. The minimum absolute atomic E-state index is 0.00802. The van der Waals surface area contributed by atoms with Gasteiger partial charge in [0.15, 0.2) is 17.7 Å². The molecule has 1 heterocycles. The summed E-state index contributed by atoms with van der Waals surface area (Å²) in [5, 5.41) is 20.4. The van der Waals surface area contributed by atoms with Gasteiger partial charge < -0.3 is 35.3 Å². The molecule has 57 heavy (non-hydrogen) atoms. The number of hydrogen-bond acceptors (Lipinski definition) is 9. The monoisotopic (exact) mass is 789 g/mol. The zero-order valence-corrected chi connectivity index (χ0v) is 34.7. The predicted molar refractivity (Wildman–Crippen MR) is 215 cm³/mol. The minimum Gasteiger partial charge on any atom is -0.486 e. The molecule has 312 valence electrons. The van der Waals surface area contributed by atoms with Gasteiger partial charge in [-0.25, -0.2) is 0 Å². The van der Waals surface area contributed by atoms with Crippen molar-refractivity contribution in [3.05, 3.63) is 48.1 Å². The molecule has 1 unspecified atom stereocenters. The third kappa shape index (κ3) is 8.11. The molecule has 1 aromatic rings. The summed E-state index contributed by atoms with van der Waals surface area (Å²) in [5.74, 6) is -0.909. The number of carbonyl (C=O) groups excluding carboxylic acids is 5. The summed E-state index contributed by atoms with van der Waals surface area (Å²) in [7, 11) is 0. The number of allylic oxidation sites excluding steroid dienone is 4. The predicted octanol–water partition coefficient (Wildman–Crippen LogP) is 5.97. The van der Waals surface area contributed by atoms with Gasteiger partial charge in [0.05, 0.1) is 12.2 Å². The van der Waals surface area contributed by atoms with E-state index in [1.54, 1.807) is 43.3 Å². The van der Waals surface area contributed by atoms with Crippen LogP contribution in [0.2, 0.25) is 0 Å². The van der Waals surface area contributed by atoms with E-state index in [1.807, 2.05) is 19.9 Å². The molecular weight excluding hydrogens is 727 g/mol. The Bertz CT molecular complexity index is 1760. The molecule has 4 fully saturated rings. The van der Waals surface area contributed by atoms with Crippen LogP contribution in [0.3, 0.4) is 0 Å². The SMILES string of the molecule is CCCCCC(=O)N[C@H](C(=O)N[C@@H](C)C(=O)Nc1ccc(OCC(=O)[C@@]23OC(CCC)O[C@@H]2C[C@H]2[C@@H]4CCC5=CC(=O)C=C[C@]5(C)[C@H]4[C@@H](O)C[C@@]23C)cc1)C(C)C. The Kier molecular flexibility index (Phi) is 12.9. The maximum absolute atomic E-state index is 14.6. The Morgan fingerprint density at radius 2 is 1.74 bits per heavy atom. The number of ketones is 2. The van der Waals surface area contributed by atoms with E-state index in [0.29, 0.717) is 37.1 Å². The topological polar surface area (TPSA) is 169 Å². The van der Waals surface area contributed by atoms with Gasteiger partial charge in [0.25, 0.3) is 0 Å². The number of carbonyl (C=O) groups is 5. The number of anilines is 1. The second-order valence-corrected chi connectivity index (χ2v) is 17.8. The molecule has 3 amide bonds. The summed E-state index contributed by atoms with van der Waals surface area (Å²) in [5.41, 5.74) is -0.870. The van der Waals surface area contributed by atoms with Crippen LogP contribution in [0.25, 0.3) is 0 Å².